The Bertz CT molecular complexity index is 2010. The standard InChI is InChI=1S/C55H98N8O14/c1-22-32(13)40(56-18)48(67)60-43-36(17)75-53(72)38(25-28(5)6)62(20)50(69)34(15)57-49(68)44(30(9)10)63(21)52(71)42(35(16)64)59-46(65)37(24-27(3)4)61(19)51(70)41(33(14)23-2)58-47(66)39(26-29(7)8)76-55(74)45(31(11)12)77-54(43)73/h27-45,56,64H,22-26H2,1-21H3,(H,57,68)(H,58,66)(H,59,65)(H,60,67)/t32?,33-,34-,35?,36?,37?,38?,39-,40?,41?,42-,43?,44?,45?/m0/s1. The average Bonchev–Trinajstić information content (AvgIpc) is 3.33. The van der Waals surface area contributed by atoms with Crippen LogP contribution in [0.15, 0.2) is 0 Å². The number of aliphatic hydroxyl groups is 1. The molecule has 10 unspecified atom stereocenters. The Kier molecular flexibility index (Phi) is 28.8. The predicted octanol–water partition coefficient (Wildman–Crippen LogP) is 2.71. The number of esters is 3. The van der Waals surface area contributed by atoms with Gasteiger partial charge in [0.15, 0.2) is 12.1 Å². The van der Waals surface area contributed by atoms with Crippen molar-refractivity contribution in [2.45, 2.75) is 223 Å². The van der Waals surface area contributed by atoms with Crippen LogP contribution in [0, 0.1) is 41.4 Å². The molecule has 0 bridgehead atoms. The number of hydrogen-bond acceptors (Lipinski definition) is 15. The van der Waals surface area contributed by atoms with Crippen molar-refractivity contribution in [3.63, 3.8) is 0 Å². The molecule has 1 aliphatic heterocycles. The smallest absolute Gasteiger partial charge is 0.348 e. The molecule has 1 fully saturated rings. The normalized spacial score (nSPS) is 27.8. The van der Waals surface area contributed by atoms with E-state index >= 15 is 0 Å². The summed E-state index contributed by atoms with van der Waals surface area (Å²) in [5.41, 5.74) is 0. The minimum absolute atomic E-state index is 0.0333. The lowest BCUT2D eigenvalue weighted by molar-refractivity contribution is -0.181. The molecule has 6 N–H and O–H groups in total. The van der Waals surface area contributed by atoms with Crippen molar-refractivity contribution in [3.05, 3.63) is 0 Å². The topological polar surface area (TPSA) is 288 Å². The highest BCUT2D eigenvalue weighted by Crippen LogP contribution is 2.23. The van der Waals surface area contributed by atoms with Crippen LogP contribution in [0.5, 0.6) is 0 Å². The van der Waals surface area contributed by atoms with Crippen LogP contribution in [-0.4, -0.2) is 180 Å². The number of rotatable bonds is 16. The number of cyclic esters (lactones) is 3. The third-order valence-corrected chi connectivity index (χ3v) is 14.3. The van der Waals surface area contributed by atoms with E-state index in [1.54, 1.807) is 62.4 Å². The van der Waals surface area contributed by atoms with E-state index < -0.39 is 150 Å². The molecule has 442 valence electrons. The molecule has 0 aliphatic carbocycles. The van der Waals surface area contributed by atoms with Crippen LogP contribution in [0.2, 0.25) is 0 Å². The summed E-state index contributed by atoms with van der Waals surface area (Å²) in [6.45, 7) is 28.6. The number of likely N-dealkylation sites (N-methyl/N-ethyl adjacent to an activating group) is 4. The van der Waals surface area contributed by atoms with Gasteiger partial charge < -0.3 is 60.6 Å². The third kappa shape index (κ3) is 20.1. The first-order chi connectivity index (χ1) is 35.6. The Morgan fingerprint density at radius 1 is 0.584 bits per heavy atom. The van der Waals surface area contributed by atoms with Crippen molar-refractivity contribution < 1.29 is 67.3 Å². The number of amides is 7. The molecule has 7 amide bonds. The molecule has 0 radical (unpaired) electrons. The van der Waals surface area contributed by atoms with Gasteiger partial charge in [-0.1, -0.05) is 110 Å². The van der Waals surface area contributed by atoms with Gasteiger partial charge in [0, 0.05) is 27.1 Å². The fourth-order valence-corrected chi connectivity index (χ4v) is 9.14. The highest BCUT2D eigenvalue weighted by atomic mass is 16.6. The molecule has 22 heteroatoms. The lowest BCUT2D eigenvalue weighted by atomic mass is 9.94. The molecule has 1 aliphatic rings. The molecule has 0 saturated carbocycles. The second kappa shape index (κ2) is 31.9. The molecule has 22 nitrogen and oxygen atoms in total. The Labute approximate surface area is 458 Å². The van der Waals surface area contributed by atoms with Crippen LogP contribution in [0.25, 0.3) is 0 Å². The molecule has 0 spiro atoms. The zero-order chi connectivity index (χ0) is 59.7. The van der Waals surface area contributed by atoms with E-state index in [-0.39, 0.29) is 42.9 Å². The monoisotopic (exact) mass is 1090 g/mol. The molecular weight excluding hydrogens is 997 g/mol. The summed E-state index contributed by atoms with van der Waals surface area (Å²) in [4.78, 5) is 147. The van der Waals surface area contributed by atoms with E-state index in [4.69, 9.17) is 14.2 Å². The molecule has 0 aromatic heterocycles. The van der Waals surface area contributed by atoms with E-state index in [0.717, 1.165) is 9.80 Å². The Morgan fingerprint density at radius 3 is 1.56 bits per heavy atom. The van der Waals surface area contributed by atoms with Gasteiger partial charge in [-0.3, -0.25) is 33.6 Å². The first-order valence-corrected chi connectivity index (χ1v) is 27.6. The van der Waals surface area contributed by atoms with E-state index in [9.17, 15) is 53.1 Å². The van der Waals surface area contributed by atoms with Gasteiger partial charge >= 0.3 is 17.9 Å². The van der Waals surface area contributed by atoms with Crippen molar-refractivity contribution in [2.24, 2.45) is 41.4 Å². The Balaban J connectivity index is 4.30. The molecule has 0 aromatic carbocycles. The highest BCUT2D eigenvalue weighted by molar-refractivity contribution is 5.98. The van der Waals surface area contributed by atoms with Crippen molar-refractivity contribution in [1.29, 1.82) is 0 Å². The molecule has 1 rings (SSSR count). The summed E-state index contributed by atoms with van der Waals surface area (Å²) in [6.07, 6.45) is -5.15. The van der Waals surface area contributed by atoms with Crippen LogP contribution in [0.4, 0.5) is 0 Å². The van der Waals surface area contributed by atoms with E-state index in [1.807, 2.05) is 41.5 Å². The molecule has 77 heavy (non-hydrogen) atoms. The first kappa shape index (κ1) is 69.6. The van der Waals surface area contributed by atoms with Crippen LogP contribution in [-0.2, 0) is 62.2 Å². The zero-order valence-electron chi connectivity index (χ0n) is 50.1. The number of carbonyl (C=O) groups is 10. The fraction of sp³-hybridized carbons (Fsp3) is 0.818. The molecular formula is C55H98N8O14. The fourth-order valence-electron chi connectivity index (χ4n) is 9.14. The molecule has 0 aromatic rings. The lowest BCUT2D eigenvalue weighted by Crippen LogP contribution is -2.63. The summed E-state index contributed by atoms with van der Waals surface area (Å²) >= 11 is 0. The summed E-state index contributed by atoms with van der Waals surface area (Å²) in [5.74, 6) is -11.4. The van der Waals surface area contributed by atoms with E-state index in [1.165, 1.54) is 46.8 Å². The van der Waals surface area contributed by atoms with Gasteiger partial charge in [0.1, 0.15) is 42.4 Å². The number of ether oxygens (including phenoxy) is 3. The van der Waals surface area contributed by atoms with Crippen molar-refractivity contribution in [2.75, 3.05) is 28.2 Å². The van der Waals surface area contributed by atoms with E-state index in [2.05, 4.69) is 26.6 Å². The number of aliphatic hydroxyl groups excluding tert-OH is 1. The second-order valence-electron chi connectivity index (χ2n) is 23.1. The largest absolute Gasteiger partial charge is 0.458 e. The van der Waals surface area contributed by atoms with Crippen molar-refractivity contribution >= 4 is 59.3 Å². The molecule has 1 heterocycles. The first-order valence-electron chi connectivity index (χ1n) is 27.6. The van der Waals surface area contributed by atoms with E-state index in [0.29, 0.717) is 12.8 Å². The van der Waals surface area contributed by atoms with Crippen LogP contribution in [0.1, 0.15) is 150 Å². The zero-order valence-corrected chi connectivity index (χ0v) is 50.1. The maximum atomic E-state index is 14.7. The maximum absolute atomic E-state index is 14.7. The lowest BCUT2D eigenvalue weighted by Gasteiger charge is -2.37. The van der Waals surface area contributed by atoms with Crippen LogP contribution in [0.3, 0.4) is 0 Å². The quantitative estimate of drug-likeness (QED) is 0.0957. The van der Waals surface area contributed by atoms with Gasteiger partial charge in [-0.2, -0.15) is 0 Å². The minimum atomic E-state index is -1.73. The van der Waals surface area contributed by atoms with Crippen molar-refractivity contribution in [3.8, 4) is 0 Å². The van der Waals surface area contributed by atoms with Gasteiger partial charge in [-0.15, -0.1) is 0 Å². The van der Waals surface area contributed by atoms with Crippen molar-refractivity contribution in [1.82, 2.24) is 41.3 Å². The highest BCUT2D eigenvalue weighted by Gasteiger charge is 2.44. The van der Waals surface area contributed by atoms with Gasteiger partial charge in [-0.25, -0.2) is 14.4 Å². The third-order valence-electron chi connectivity index (χ3n) is 14.3. The average molecular weight is 1100 g/mol. The summed E-state index contributed by atoms with van der Waals surface area (Å²) in [7, 11) is 5.63. The molecule has 14 atom stereocenters. The second-order valence-corrected chi connectivity index (χ2v) is 23.1. The predicted molar refractivity (Wildman–Crippen MR) is 290 cm³/mol. The summed E-state index contributed by atoms with van der Waals surface area (Å²) in [6, 6.07) is -10.6. The number of hydrogen-bond donors (Lipinski definition) is 6. The van der Waals surface area contributed by atoms with Crippen LogP contribution >= 0.6 is 0 Å². The summed E-state index contributed by atoms with van der Waals surface area (Å²) in [5, 5.41) is 24.7. The SMILES string of the molecule is CCC(C)C(NC)C(=O)NC1C(=O)OC(C(C)C)C(=O)O[C@@H](CC(C)C)C(=O)NC([C@@H](C)CC)C(=O)N(C)C(CC(C)C)C(=O)N[C@@H](C(C)O)C(=O)N(C)C(C(C)C)C(=O)N[C@@H](C)C(=O)N(C)C(CC(C)C)C(=O)OC1C. The Morgan fingerprint density at radius 2 is 1.09 bits per heavy atom. The van der Waals surface area contributed by atoms with Gasteiger partial charge in [0.25, 0.3) is 5.91 Å². The summed E-state index contributed by atoms with van der Waals surface area (Å²) < 4.78 is 17.7. The van der Waals surface area contributed by atoms with Gasteiger partial charge in [-0.05, 0) is 82.6 Å². The minimum Gasteiger partial charge on any atom is -0.458 e. The van der Waals surface area contributed by atoms with Gasteiger partial charge in [0.2, 0.25) is 41.5 Å². The molecule has 1 saturated heterocycles. The maximum Gasteiger partial charge on any atom is 0.348 e. The number of carbonyl (C=O) groups excluding carboxylic acids is 10. The number of nitrogens with zero attached hydrogens (tertiary/aromatic N) is 3. The Hall–Kier alpha value is -5.38. The number of nitrogens with one attached hydrogen (secondary N) is 5. The van der Waals surface area contributed by atoms with Crippen LogP contribution < -0.4 is 26.6 Å². The van der Waals surface area contributed by atoms with Gasteiger partial charge in [0.05, 0.1) is 12.1 Å².